The van der Waals surface area contributed by atoms with Crippen LogP contribution >= 0.6 is 11.8 Å². The van der Waals surface area contributed by atoms with Crippen LogP contribution < -0.4 is 5.32 Å². The van der Waals surface area contributed by atoms with Crippen molar-refractivity contribution in [2.24, 2.45) is 5.92 Å². The van der Waals surface area contributed by atoms with Crippen LogP contribution in [0.2, 0.25) is 0 Å². The van der Waals surface area contributed by atoms with E-state index in [1.54, 1.807) is 6.07 Å². The zero-order valence-corrected chi connectivity index (χ0v) is 22.0. The molecule has 0 aliphatic carbocycles. The summed E-state index contributed by atoms with van der Waals surface area (Å²) in [5.41, 5.74) is 5.51. The smallest absolute Gasteiger partial charge is 0.228 e. The molecule has 2 fully saturated rings. The van der Waals surface area contributed by atoms with Crippen molar-refractivity contribution in [2.75, 3.05) is 31.1 Å². The molecule has 6 rings (SSSR count). The molecule has 0 radical (unpaired) electrons. The number of carbonyl (C=O) groups excluding carboxylic acids is 1. The summed E-state index contributed by atoms with van der Waals surface area (Å²) >= 11 is 1.91. The van der Waals surface area contributed by atoms with Gasteiger partial charge in [-0.05, 0) is 33.9 Å². The van der Waals surface area contributed by atoms with Crippen LogP contribution in [-0.4, -0.2) is 41.9 Å². The molecule has 4 aromatic rings. The molecule has 4 aromatic carbocycles. The van der Waals surface area contributed by atoms with Gasteiger partial charge in [-0.2, -0.15) is 11.8 Å². The van der Waals surface area contributed by atoms with E-state index in [0.717, 1.165) is 40.3 Å². The lowest BCUT2D eigenvalue weighted by molar-refractivity contribution is -0.137. The first kappa shape index (κ1) is 24.9. The minimum absolute atomic E-state index is 0.0158. The highest BCUT2D eigenvalue weighted by atomic mass is 32.2. The molecule has 0 aromatic heterocycles. The number of benzene rings is 4. The van der Waals surface area contributed by atoms with Crippen molar-refractivity contribution in [2.45, 2.75) is 12.0 Å². The van der Waals surface area contributed by atoms with Crippen molar-refractivity contribution in [3.8, 4) is 22.3 Å². The van der Waals surface area contributed by atoms with Crippen LogP contribution in [0, 0.1) is 11.7 Å². The highest BCUT2D eigenvalue weighted by Crippen LogP contribution is 2.40. The third kappa shape index (κ3) is 4.89. The monoisotopic (exact) mass is 522 g/mol. The number of amides is 1. The van der Waals surface area contributed by atoms with Crippen LogP contribution in [0.5, 0.6) is 0 Å². The van der Waals surface area contributed by atoms with E-state index in [1.165, 1.54) is 5.56 Å². The summed E-state index contributed by atoms with van der Waals surface area (Å²) < 4.78 is 15.6. The van der Waals surface area contributed by atoms with Crippen LogP contribution in [0.15, 0.2) is 103 Å². The Morgan fingerprint density at radius 3 is 2.34 bits per heavy atom. The van der Waals surface area contributed by atoms with Gasteiger partial charge in [-0.25, -0.2) is 4.39 Å². The predicted octanol–water partition coefficient (Wildman–Crippen LogP) is 6.78. The maximum atomic E-state index is 15.6. The lowest BCUT2D eigenvalue weighted by atomic mass is 9.83. The molecule has 3 nitrogen and oxygen atoms in total. The fourth-order valence-electron chi connectivity index (χ4n) is 5.91. The number of nitrogens with one attached hydrogen (secondary N) is 1. The summed E-state index contributed by atoms with van der Waals surface area (Å²) in [5, 5.41) is 3.47. The van der Waals surface area contributed by atoms with Crippen LogP contribution in [-0.2, 0) is 4.79 Å². The summed E-state index contributed by atoms with van der Waals surface area (Å²) in [6, 6.07) is 33.8. The number of rotatable bonds is 5. The summed E-state index contributed by atoms with van der Waals surface area (Å²) in [6.07, 6.45) is 0. The number of halogens is 1. The van der Waals surface area contributed by atoms with Gasteiger partial charge in [-0.3, -0.25) is 4.79 Å². The molecule has 0 spiro atoms. The molecule has 38 heavy (non-hydrogen) atoms. The van der Waals surface area contributed by atoms with Gasteiger partial charge in [0, 0.05) is 42.6 Å². The van der Waals surface area contributed by atoms with Crippen molar-refractivity contribution in [1.29, 1.82) is 0 Å². The molecule has 2 saturated heterocycles. The van der Waals surface area contributed by atoms with E-state index in [1.807, 2.05) is 90.6 Å². The van der Waals surface area contributed by atoms with E-state index >= 15 is 4.39 Å². The van der Waals surface area contributed by atoms with E-state index in [0.29, 0.717) is 18.7 Å². The van der Waals surface area contributed by atoms with E-state index in [2.05, 4.69) is 28.4 Å². The normalized spacial score (nSPS) is 21.4. The van der Waals surface area contributed by atoms with Gasteiger partial charge in [0.25, 0.3) is 0 Å². The largest absolute Gasteiger partial charge is 0.334 e. The van der Waals surface area contributed by atoms with E-state index < -0.39 is 0 Å². The Kier molecular flexibility index (Phi) is 7.30. The molecule has 5 heteroatoms. The van der Waals surface area contributed by atoms with Crippen molar-refractivity contribution in [3.63, 3.8) is 0 Å². The van der Waals surface area contributed by atoms with Gasteiger partial charge in [-0.15, -0.1) is 0 Å². The van der Waals surface area contributed by atoms with Crippen LogP contribution in [0.25, 0.3) is 22.3 Å². The number of nitrogens with zero attached hydrogens (tertiary/aromatic N) is 1. The minimum Gasteiger partial charge on any atom is -0.334 e. The second-order valence-corrected chi connectivity index (χ2v) is 11.2. The molecule has 192 valence electrons. The molecule has 0 saturated carbocycles. The maximum absolute atomic E-state index is 15.6. The van der Waals surface area contributed by atoms with E-state index in [-0.39, 0.29) is 29.6 Å². The fourth-order valence-corrected chi connectivity index (χ4v) is 6.99. The van der Waals surface area contributed by atoms with E-state index in [4.69, 9.17) is 0 Å². The molecule has 2 aliphatic heterocycles. The van der Waals surface area contributed by atoms with Crippen molar-refractivity contribution in [3.05, 3.63) is 120 Å². The first-order valence-electron chi connectivity index (χ1n) is 13.3. The average Bonchev–Trinajstić information content (AvgIpc) is 3.48. The van der Waals surface area contributed by atoms with Crippen molar-refractivity contribution in [1.82, 2.24) is 10.2 Å². The number of hydrogen-bond acceptors (Lipinski definition) is 3. The molecule has 1 N–H and O–H groups in total. The average molecular weight is 523 g/mol. The first-order chi connectivity index (χ1) is 18.7. The van der Waals surface area contributed by atoms with Gasteiger partial charge in [0.1, 0.15) is 5.82 Å². The minimum atomic E-state index is -0.246. The topological polar surface area (TPSA) is 32.3 Å². The number of carbonyl (C=O) groups is 1. The van der Waals surface area contributed by atoms with Crippen LogP contribution in [0.1, 0.15) is 23.1 Å². The van der Waals surface area contributed by atoms with Gasteiger partial charge < -0.3 is 10.2 Å². The summed E-state index contributed by atoms with van der Waals surface area (Å²) in [6.45, 7) is 2.09. The number of thioether (sulfide) groups is 1. The third-order valence-electron chi connectivity index (χ3n) is 7.85. The second kappa shape index (κ2) is 11.1. The van der Waals surface area contributed by atoms with Crippen molar-refractivity contribution >= 4 is 17.7 Å². The van der Waals surface area contributed by atoms with Gasteiger partial charge in [0.05, 0.1) is 12.0 Å². The Balaban J connectivity index is 1.31. The maximum Gasteiger partial charge on any atom is 0.228 e. The Morgan fingerprint density at radius 2 is 1.55 bits per heavy atom. The quantitative estimate of drug-likeness (QED) is 0.314. The molecule has 0 bridgehead atoms. The zero-order chi connectivity index (χ0) is 25.9. The summed E-state index contributed by atoms with van der Waals surface area (Å²) in [4.78, 5) is 16.2. The first-order valence-corrected chi connectivity index (χ1v) is 14.4. The second-order valence-electron chi connectivity index (χ2n) is 10.1. The van der Waals surface area contributed by atoms with E-state index in [9.17, 15) is 4.79 Å². The summed E-state index contributed by atoms with van der Waals surface area (Å²) in [5.74, 6) is 1.62. The molecule has 3 atom stereocenters. The Morgan fingerprint density at radius 1 is 0.816 bits per heavy atom. The fraction of sp³-hybridized carbons (Fsp3) is 0.242. The Bertz CT molecular complexity index is 1410. The van der Waals surface area contributed by atoms with Gasteiger partial charge in [0.2, 0.25) is 5.91 Å². The SMILES string of the molecule is O=C([C@@H]1CNC[C@H]1c1ccccc1-c1ccc(-c2ccccc2)cc1F)N1CCSC[C@@H]1c1ccccc1. The Hall–Kier alpha value is -3.41. The molecular formula is C33H31FN2OS. The van der Waals surface area contributed by atoms with Crippen molar-refractivity contribution < 1.29 is 9.18 Å². The van der Waals surface area contributed by atoms with Crippen LogP contribution in [0.4, 0.5) is 4.39 Å². The Labute approximate surface area is 228 Å². The third-order valence-corrected chi connectivity index (χ3v) is 8.88. The molecule has 1 amide bonds. The number of hydrogen-bond donors (Lipinski definition) is 1. The zero-order valence-electron chi connectivity index (χ0n) is 21.2. The lowest BCUT2D eigenvalue weighted by Crippen LogP contribution is -2.45. The van der Waals surface area contributed by atoms with Gasteiger partial charge in [0.15, 0.2) is 0 Å². The predicted molar refractivity (Wildman–Crippen MR) is 155 cm³/mol. The van der Waals surface area contributed by atoms with Gasteiger partial charge >= 0.3 is 0 Å². The lowest BCUT2D eigenvalue weighted by Gasteiger charge is -2.38. The van der Waals surface area contributed by atoms with Gasteiger partial charge in [-0.1, -0.05) is 97.1 Å². The standard InChI is InChI=1S/C33H31FN2OS/c34-31-19-25(23-9-3-1-4-10-23)15-16-28(31)26-13-7-8-14-27(26)29-20-35-21-30(29)33(37)36-17-18-38-22-32(36)24-11-5-2-6-12-24/h1-16,19,29-30,32,35H,17-18,20-22H2/t29-,30+,32+/m0/s1. The highest BCUT2D eigenvalue weighted by Gasteiger charge is 2.40. The summed E-state index contributed by atoms with van der Waals surface area (Å²) in [7, 11) is 0. The molecular weight excluding hydrogens is 491 g/mol. The highest BCUT2D eigenvalue weighted by molar-refractivity contribution is 7.99. The molecule has 2 heterocycles. The van der Waals surface area contributed by atoms with Crippen LogP contribution in [0.3, 0.4) is 0 Å². The molecule has 2 aliphatic rings. The molecule has 0 unspecified atom stereocenters.